The molecule has 0 N–H and O–H groups in total. The van der Waals surface area contributed by atoms with Crippen LogP contribution in [0.25, 0.3) is 38.6 Å². The lowest BCUT2D eigenvalue weighted by Gasteiger charge is -2.42. The van der Waals surface area contributed by atoms with Crippen LogP contribution in [0.15, 0.2) is 158 Å². The highest BCUT2D eigenvalue weighted by molar-refractivity contribution is 6.93. The molecule has 0 saturated carbocycles. The second kappa shape index (κ2) is 9.18. The Morgan fingerprint density at radius 2 is 1.11 bits per heavy atom. The number of ether oxygens (including phenoxy) is 1. The molecule has 11 rings (SSSR count). The molecule has 4 heterocycles. The lowest BCUT2D eigenvalue weighted by Crippen LogP contribution is -2.60. The molecule has 0 bridgehead atoms. The van der Waals surface area contributed by atoms with Gasteiger partial charge in [-0.05, 0) is 77.2 Å². The topological polar surface area (TPSA) is 20.6 Å². The van der Waals surface area contributed by atoms with E-state index in [9.17, 15) is 0 Å². The summed E-state index contributed by atoms with van der Waals surface area (Å²) < 4.78 is 9.01. The highest BCUT2D eigenvalue weighted by atomic mass is 16.5. The molecule has 0 saturated heterocycles. The normalized spacial score (nSPS) is 13.6. The van der Waals surface area contributed by atoms with Crippen molar-refractivity contribution in [3.8, 4) is 28.3 Å². The lowest BCUT2D eigenvalue weighted by atomic mass is 9.44. The van der Waals surface area contributed by atoms with Crippen LogP contribution in [-0.2, 0) is 0 Å². The average Bonchev–Trinajstić information content (AvgIpc) is 3.49. The van der Waals surface area contributed by atoms with Crippen molar-refractivity contribution in [2.45, 2.75) is 0 Å². The maximum Gasteiger partial charge on any atom is 0.333 e. The monoisotopic (exact) mass is 599 g/mol. The zero-order chi connectivity index (χ0) is 30.6. The molecule has 3 aliphatic rings. The summed E-state index contributed by atoms with van der Waals surface area (Å²) in [6.45, 7) is -0.00359. The molecule has 4 nitrogen and oxygen atoms in total. The first-order valence-corrected chi connectivity index (χ1v) is 16.2. The van der Waals surface area contributed by atoms with E-state index in [4.69, 9.17) is 4.74 Å². The summed E-state index contributed by atoms with van der Waals surface area (Å²) in [7, 11) is 0. The molecule has 47 heavy (non-hydrogen) atoms. The van der Waals surface area contributed by atoms with Gasteiger partial charge in [-0.2, -0.15) is 0 Å². The van der Waals surface area contributed by atoms with Gasteiger partial charge in [-0.15, -0.1) is 0 Å². The molecule has 0 radical (unpaired) electrons. The average molecular weight is 600 g/mol. The minimum absolute atomic E-state index is 0.00359. The molecule has 7 aromatic carbocycles. The largest absolute Gasteiger partial charge is 0.453 e. The number of aromatic nitrogens is 1. The van der Waals surface area contributed by atoms with Crippen molar-refractivity contribution in [3.63, 3.8) is 0 Å². The van der Waals surface area contributed by atoms with Crippen LogP contribution in [0.3, 0.4) is 0 Å². The van der Waals surface area contributed by atoms with Crippen molar-refractivity contribution in [1.82, 2.24) is 4.57 Å². The number of hydrogen-bond acceptors (Lipinski definition) is 3. The quantitative estimate of drug-likeness (QED) is 0.185. The molecular weight excluding hydrogens is 573 g/mol. The van der Waals surface area contributed by atoms with Crippen molar-refractivity contribution in [2.24, 2.45) is 0 Å². The Labute approximate surface area is 272 Å². The van der Waals surface area contributed by atoms with Crippen LogP contribution < -0.4 is 25.4 Å². The third-order valence-electron chi connectivity index (χ3n) is 10.1. The fraction of sp³-hybridized carbons (Fsp3) is 0. The fourth-order valence-electron chi connectivity index (χ4n) is 8.33. The number of anilines is 5. The van der Waals surface area contributed by atoms with E-state index in [-0.39, 0.29) is 6.85 Å². The van der Waals surface area contributed by atoms with E-state index in [1.165, 1.54) is 60.9 Å². The number of nitrogens with zero attached hydrogens (tertiary/aromatic N) is 3. The summed E-state index contributed by atoms with van der Waals surface area (Å²) >= 11 is 0. The standard InChI is InChI=1S/C42H26BN3O/c1-2-14-27(15-3-1)46-33-20-8-4-16-28(33)30-26-37(44-35-22-10-12-24-38(35)47-39-25-13-11-23-36(39)44)40-29-17-5-7-19-32(29)45-34-21-9-6-18-31(34)43(46)41(30)42(40)45/h1-26H. The Morgan fingerprint density at radius 3 is 1.89 bits per heavy atom. The first-order chi connectivity index (χ1) is 23.4. The van der Waals surface area contributed by atoms with Gasteiger partial charge in [0.15, 0.2) is 11.5 Å². The predicted octanol–water partition coefficient (Wildman–Crippen LogP) is 9.60. The summed E-state index contributed by atoms with van der Waals surface area (Å²) in [5.74, 6) is 1.71. The molecule has 1 aromatic heterocycles. The van der Waals surface area contributed by atoms with Crippen molar-refractivity contribution >= 4 is 68.0 Å². The third-order valence-corrected chi connectivity index (χ3v) is 10.1. The number of benzene rings is 7. The molecule has 0 amide bonds. The van der Waals surface area contributed by atoms with E-state index >= 15 is 0 Å². The van der Waals surface area contributed by atoms with Crippen LogP contribution in [0.4, 0.5) is 28.4 Å². The van der Waals surface area contributed by atoms with Crippen LogP contribution in [0, 0.1) is 0 Å². The highest BCUT2D eigenvalue weighted by Gasteiger charge is 2.45. The maximum atomic E-state index is 6.49. The van der Waals surface area contributed by atoms with Crippen molar-refractivity contribution < 1.29 is 4.74 Å². The molecule has 5 heteroatoms. The molecular formula is C42H26BN3O. The Kier molecular flexibility index (Phi) is 4.89. The second-order valence-corrected chi connectivity index (χ2v) is 12.5. The third kappa shape index (κ3) is 3.23. The molecule has 3 aliphatic heterocycles. The van der Waals surface area contributed by atoms with Crippen molar-refractivity contribution in [1.29, 1.82) is 0 Å². The summed E-state index contributed by atoms with van der Waals surface area (Å²) in [6, 6.07) is 56.9. The minimum Gasteiger partial charge on any atom is -0.453 e. The predicted molar refractivity (Wildman–Crippen MR) is 195 cm³/mol. The highest BCUT2D eigenvalue weighted by Crippen LogP contribution is 2.55. The summed E-state index contributed by atoms with van der Waals surface area (Å²) in [5, 5.41) is 2.49. The van der Waals surface area contributed by atoms with Crippen LogP contribution in [0.2, 0.25) is 0 Å². The molecule has 218 valence electrons. The fourth-order valence-corrected chi connectivity index (χ4v) is 8.33. The van der Waals surface area contributed by atoms with Gasteiger partial charge in [-0.25, -0.2) is 0 Å². The van der Waals surface area contributed by atoms with Gasteiger partial charge in [0.2, 0.25) is 0 Å². The smallest absolute Gasteiger partial charge is 0.333 e. The molecule has 8 aromatic rings. The van der Waals surface area contributed by atoms with E-state index in [0.717, 1.165) is 28.6 Å². The van der Waals surface area contributed by atoms with E-state index in [0.29, 0.717) is 0 Å². The second-order valence-electron chi connectivity index (χ2n) is 12.5. The molecule has 0 atom stereocenters. The van der Waals surface area contributed by atoms with E-state index in [1.807, 2.05) is 12.1 Å². The van der Waals surface area contributed by atoms with Gasteiger partial charge < -0.3 is 19.0 Å². The first-order valence-electron chi connectivity index (χ1n) is 16.2. The van der Waals surface area contributed by atoms with Crippen LogP contribution in [0.5, 0.6) is 11.5 Å². The maximum absolute atomic E-state index is 6.49. The van der Waals surface area contributed by atoms with Gasteiger partial charge in [-0.1, -0.05) is 97.1 Å². The van der Waals surface area contributed by atoms with E-state index in [1.54, 1.807) is 0 Å². The summed E-state index contributed by atoms with van der Waals surface area (Å²) in [6.07, 6.45) is 0. The van der Waals surface area contributed by atoms with Gasteiger partial charge >= 0.3 is 6.85 Å². The van der Waals surface area contributed by atoms with Crippen molar-refractivity contribution in [3.05, 3.63) is 158 Å². The minimum atomic E-state index is -0.00359. The Hall–Kier alpha value is -6.20. The zero-order valence-corrected chi connectivity index (χ0v) is 25.3. The van der Waals surface area contributed by atoms with E-state index in [2.05, 4.69) is 160 Å². The van der Waals surface area contributed by atoms with Crippen LogP contribution in [-0.4, -0.2) is 11.4 Å². The Bertz CT molecular complexity index is 2550. The lowest BCUT2D eigenvalue weighted by molar-refractivity contribution is 0.477. The Morgan fingerprint density at radius 1 is 0.489 bits per heavy atom. The molecule has 0 fully saturated rings. The first kappa shape index (κ1) is 25.0. The van der Waals surface area contributed by atoms with Gasteiger partial charge in [0, 0.05) is 33.4 Å². The number of hydrogen-bond donors (Lipinski definition) is 0. The molecule has 0 aliphatic carbocycles. The number of rotatable bonds is 2. The molecule has 0 spiro atoms. The van der Waals surface area contributed by atoms with Crippen molar-refractivity contribution in [2.75, 3.05) is 9.71 Å². The van der Waals surface area contributed by atoms with Gasteiger partial charge in [0.05, 0.1) is 28.1 Å². The molecule has 0 unspecified atom stereocenters. The van der Waals surface area contributed by atoms with Gasteiger partial charge in [0.25, 0.3) is 0 Å². The zero-order valence-electron chi connectivity index (χ0n) is 25.3. The van der Waals surface area contributed by atoms with E-state index < -0.39 is 0 Å². The SMILES string of the molecule is c1ccc(N2B3c4ccccc4-n4c5ccccc5c5c(N6c7ccccc7Oc7ccccc76)cc(c3c54)-c3ccccc32)cc1. The number of para-hydroxylation sites is 8. The van der Waals surface area contributed by atoms with Crippen LogP contribution >= 0.6 is 0 Å². The van der Waals surface area contributed by atoms with Gasteiger partial charge in [-0.3, -0.25) is 0 Å². The summed E-state index contributed by atoms with van der Waals surface area (Å²) in [5.41, 5.74) is 14.5. The van der Waals surface area contributed by atoms with Crippen LogP contribution in [0.1, 0.15) is 0 Å². The number of fused-ring (bicyclic) bond motifs is 10. The summed E-state index contributed by atoms with van der Waals surface area (Å²) in [4.78, 5) is 4.97. The Balaban J connectivity index is 1.36. The van der Waals surface area contributed by atoms with Gasteiger partial charge in [0.1, 0.15) is 0 Å².